The number of carbonyl (C=O) groups excluding carboxylic acids is 1. The molecule has 0 aliphatic carbocycles. The second-order valence-corrected chi connectivity index (χ2v) is 5.14. The first kappa shape index (κ1) is 15.4. The Bertz CT molecular complexity index is 586. The van der Waals surface area contributed by atoms with Crippen molar-refractivity contribution in [3.63, 3.8) is 0 Å². The highest BCUT2D eigenvalue weighted by atomic mass is 35.5. The predicted octanol–water partition coefficient (Wildman–Crippen LogP) is 3.99. The van der Waals surface area contributed by atoms with Crippen molar-refractivity contribution in [3.05, 3.63) is 65.2 Å². The number of hydrogen-bond donors (Lipinski definition) is 1. The molecule has 0 aliphatic heterocycles. The van der Waals surface area contributed by atoms with Crippen LogP contribution < -0.4 is 10.1 Å². The van der Waals surface area contributed by atoms with E-state index in [1.54, 1.807) is 12.1 Å². The standard InChI is InChI=1S/C17H18ClNO2/c1-13(14-7-3-2-4-8-14)19-17(20)11-12-21-16-10-6-5-9-15(16)18/h2-10,13H,11-12H2,1H3,(H,19,20). The number of nitrogens with one attached hydrogen (secondary N) is 1. The van der Waals surface area contributed by atoms with Crippen LogP contribution in [0.25, 0.3) is 0 Å². The van der Waals surface area contributed by atoms with Crippen LogP contribution in [0.3, 0.4) is 0 Å². The van der Waals surface area contributed by atoms with E-state index in [0.717, 1.165) is 5.56 Å². The summed E-state index contributed by atoms with van der Waals surface area (Å²) in [5.41, 5.74) is 1.08. The lowest BCUT2D eigenvalue weighted by Gasteiger charge is -2.14. The molecular weight excluding hydrogens is 286 g/mol. The molecule has 0 fully saturated rings. The molecule has 0 aromatic heterocycles. The van der Waals surface area contributed by atoms with Crippen LogP contribution in [0.2, 0.25) is 5.02 Å². The molecule has 3 nitrogen and oxygen atoms in total. The molecule has 0 saturated carbocycles. The molecule has 110 valence electrons. The van der Waals surface area contributed by atoms with Gasteiger partial charge in [-0.3, -0.25) is 4.79 Å². The Hall–Kier alpha value is -2.00. The number of ether oxygens (including phenoxy) is 1. The van der Waals surface area contributed by atoms with E-state index in [9.17, 15) is 4.79 Å². The zero-order valence-electron chi connectivity index (χ0n) is 11.9. The van der Waals surface area contributed by atoms with Crippen LogP contribution in [-0.4, -0.2) is 12.5 Å². The van der Waals surface area contributed by atoms with Gasteiger partial charge in [-0.2, -0.15) is 0 Å². The van der Waals surface area contributed by atoms with Gasteiger partial charge in [0.25, 0.3) is 0 Å². The SMILES string of the molecule is CC(NC(=O)CCOc1ccccc1Cl)c1ccccc1. The number of carbonyl (C=O) groups is 1. The molecule has 1 unspecified atom stereocenters. The third-order valence-electron chi connectivity index (χ3n) is 3.10. The Labute approximate surface area is 129 Å². The Balaban J connectivity index is 1.76. The van der Waals surface area contributed by atoms with E-state index in [2.05, 4.69) is 5.32 Å². The largest absolute Gasteiger partial charge is 0.491 e. The summed E-state index contributed by atoms with van der Waals surface area (Å²) < 4.78 is 5.50. The van der Waals surface area contributed by atoms with Crippen LogP contribution in [0.5, 0.6) is 5.75 Å². The third kappa shape index (κ3) is 4.80. The molecular formula is C17H18ClNO2. The first-order chi connectivity index (χ1) is 10.2. The smallest absolute Gasteiger partial charge is 0.223 e. The fourth-order valence-corrected chi connectivity index (χ4v) is 2.14. The van der Waals surface area contributed by atoms with Crippen molar-refractivity contribution in [2.24, 2.45) is 0 Å². The van der Waals surface area contributed by atoms with E-state index in [1.165, 1.54) is 0 Å². The fourth-order valence-electron chi connectivity index (χ4n) is 1.95. The quantitative estimate of drug-likeness (QED) is 0.876. The van der Waals surface area contributed by atoms with Crippen molar-refractivity contribution < 1.29 is 9.53 Å². The third-order valence-corrected chi connectivity index (χ3v) is 3.41. The van der Waals surface area contributed by atoms with Gasteiger partial charge in [0.1, 0.15) is 5.75 Å². The topological polar surface area (TPSA) is 38.3 Å². The zero-order valence-corrected chi connectivity index (χ0v) is 12.6. The average Bonchev–Trinajstić information content (AvgIpc) is 2.50. The summed E-state index contributed by atoms with van der Waals surface area (Å²) in [5, 5.41) is 3.50. The van der Waals surface area contributed by atoms with Gasteiger partial charge in [0.05, 0.1) is 24.1 Å². The van der Waals surface area contributed by atoms with E-state index in [0.29, 0.717) is 23.8 Å². The fraction of sp³-hybridized carbons (Fsp3) is 0.235. The van der Waals surface area contributed by atoms with Gasteiger partial charge in [-0.25, -0.2) is 0 Å². The summed E-state index contributed by atoms with van der Waals surface area (Å²) in [7, 11) is 0. The predicted molar refractivity (Wildman–Crippen MR) is 84.6 cm³/mol. The van der Waals surface area contributed by atoms with Crippen LogP contribution in [0.15, 0.2) is 54.6 Å². The lowest BCUT2D eigenvalue weighted by atomic mass is 10.1. The normalized spacial score (nSPS) is 11.7. The summed E-state index contributed by atoms with van der Waals surface area (Å²) in [6.07, 6.45) is 0.294. The molecule has 0 bridgehead atoms. The van der Waals surface area contributed by atoms with E-state index in [-0.39, 0.29) is 11.9 Å². The van der Waals surface area contributed by atoms with E-state index in [1.807, 2.05) is 49.4 Å². The van der Waals surface area contributed by atoms with Gasteiger partial charge >= 0.3 is 0 Å². The Morgan fingerprint density at radius 1 is 1.14 bits per heavy atom. The van der Waals surface area contributed by atoms with Crippen molar-refractivity contribution >= 4 is 17.5 Å². The van der Waals surface area contributed by atoms with Crippen molar-refractivity contribution in [3.8, 4) is 5.75 Å². The second-order valence-electron chi connectivity index (χ2n) is 4.73. The van der Waals surface area contributed by atoms with Crippen molar-refractivity contribution in [1.29, 1.82) is 0 Å². The van der Waals surface area contributed by atoms with Crippen LogP contribution in [0.4, 0.5) is 0 Å². The minimum atomic E-state index is -0.0431. The summed E-state index contributed by atoms with van der Waals surface area (Å²) in [4.78, 5) is 11.9. The number of hydrogen-bond acceptors (Lipinski definition) is 2. The van der Waals surface area contributed by atoms with Gasteiger partial charge in [-0.05, 0) is 24.6 Å². The molecule has 21 heavy (non-hydrogen) atoms. The number of amides is 1. The maximum absolute atomic E-state index is 11.9. The maximum Gasteiger partial charge on any atom is 0.223 e. The summed E-state index contributed by atoms with van der Waals surface area (Å²) in [6, 6.07) is 17.1. The van der Waals surface area contributed by atoms with Crippen LogP contribution in [0, 0.1) is 0 Å². The van der Waals surface area contributed by atoms with Gasteiger partial charge in [-0.1, -0.05) is 54.1 Å². The Morgan fingerprint density at radius 2 is 1.81 bits per heavy atom. The van der Waals surface area contributed by atoms with Gasteiger partial charge in [0.15, 0.2) is 0 Å². The Kier molecular flexibility index (Phi) is 5.64. The molecule has 0 spiro atoms. The Morgan fingerprint density at radius 3 is 2.52 bits per heavy atom. The van der Waals surface area contributed by atoms with E-state index < -0.39 is 0 Å². The molecule has 2 aromatic rings. The van der Waals surface area contributed by atoms with Crippen LogP contribution in [-0.2, 0) is 4.79 Å². The van der Waals surface area contributed by atoms with E-state index >= 15 is 0 Å². The van der Waals surface area contributed by atoms with Crippen LogP contribution in [0.1, 0.15) is 24.9 Å². The summed E-state index contributed by atoms with van der Waals surface area (Å²) in [6.45, 7) is 2.26. The first-order valence-corrected chi connectivity index (χ1v) is 7.26. The molecule has 0 heterocycles. The summed E-state index contributed by atoms with van der Waals surface area (Å²) in [5.74, 6) is 0.557. The maximum atomic E-state index is 11.9. The zero-order chi connectivity index (χ0) is 15.1. The molecule has 0 aliphatic rings. The van der Waals surface area contributed by atoms with Gasteiger partial charge in [0, 0.05) is 0 Å². The number of para-hydroxylation sites is 1. The lowest BCUT2D eigenvalue weighted by molar-refractivity contribution is -0.122. The molecule has 4 heteroatoms. The monoisotopic (exact) mass is 303 g/mol. The highest BCUT2D eigenvalue weighted by Gasteiger charge is 2.09. The molecule has 1 amide bonds. The molecule has 0 saturated heterocycles. The first-order valence-electron chi connectivity index (χ1n) is 6.88. The second kappa shape index (κ2) is 7.70. The van der Waals surface area contributed by atoms with Gasteiger partial charge < -0.3 is 10.1 Å². The minimum Gasteiger partial charge on any atom is -0.491 e. The molecule has 2 aromatic carbocycles. The van der Waals surface area contributed by atoms with Crippen LogP contribution >= 0.6 is 11.6 Å². The van der Waals surface area contributed by atoms with Crippen molar-refractivity contribution in [1.82, 2.24) is 5.32 Å². The van der Waals surface area contributed by atoms with Crippen molar-refractivity contribution in [2.45, 2.75) is 19.4 Å². The number of halogens is 1. The minimum absolute atomic E-state index is 0.0148. The van der Waals surface area contributed by atoms with E-state index in [4.69, 9.17) is 16.3 Å². The average molecular weight is 304 g/mol. The molecule has 0 radical (unpaired) electrons. The molecule has 1 atom stereocenters. The molecule has 2 rings (SSSR count). The molecule has 1 N–H and O–H groups in total. The van der Waals surface area contributed by atoms with Gasteiger partial charge in [-0.15, -0.1) is 0 Å². The highest BCUT2D eigenvalue weighted by molar-refractivity contribution is 6.32. The number of rotatable bonds is 6. The van der Waals surface area contributed by atoms with Crippen molar-refractivity contribution in [2.75, 3.05) is 6.61 Å². The number of benzene rings is 2. The summed E-state index contributed by atoms with van der Waals surface area (Å²) >= 11 is 5.98. The lowest BCUT2D eigenvalue weighted by Crippen LogP contribution is -2.27. The highest BCUT2D eigenvalue weighted by Crippen LogP contribution is 2.23. The van der Waals surface area contributed by atoms with Gasteiger partial charge in [0.2, 0.25) is 5.91 Å².